The van der Waals surface area contributed by atoms with Crippen molar-refractivity contribution < 1.29 is 9.53 Å². The molecule has 6 nitrogen and oxygen atoms in total. The number of ether oxygens (including phenoxy) is 1. The fourth-order valence-electron chi connectivity index (χ4n) is 2.84. The standard InChI is InChI=1S/C15H20N4O2S/c1-3-21-15(20)18-11-5-4-6-19(8-11)13-12-7-10(2)22-14(12)17-9-16-13/h7,9,11H,3-6,8H2,1-2H3,(H,18,20). The Morgan fingerprint density at radius 3 is 3.23 bits per heavy atom. The number of rotatable bonds is 3. The van der Waals surface area contributed by atoms with Gasteiger partial charge in [-0.05, 0) is 32.8 Å². The summed E-state index contributed by atoms with van der Waals surface area (Å²) in [6.45, 7) is 5.98. The Hall–Kier alpha value is -1.89. The summed E-state index contributed by atoms with van der Waals surface area (Å²) in [5.74, 6) is 0.963. The van der Waals surface area contributed by atoms with Gasteiger partial charge < -0.3 is 15.0 Å². The molecule has 1 fully saturated rings. The van der Waals surface area contributed by atoms with E-state index in [0.717, 1.165) is 42.0 Å². The van der Waals surface area contributed by atoms with E-state index in [4.69, 9.17) is 4.74 Å². The zero-order valence-electron chi connectivity index (χ0n) is 12.8. The smallest absolute Gasteiger partial charge is 0.407 e. The number of nitrogens with zero attached hydrogens (tertiary/aromatic N) is 3. The molecule has 3 rings (SSSR count). The molecule has 1 saturated heterocycles. The number of nitrogens with one attached hydrogen (secondary N) is 1. The Kier molecular flexibility index (Phi) is 4.42. The fourth-order valence-corrected chi connectivity index (χ4v) is 3.68. The SMILES string of the molecule is CCOC(=O)NC1CCCN(c2ncnc3sc(C)cc23)C1. The van der Waals surface area contributed by atoms with Crippen LogP contribution in [0.3, 0.4) is 0 Å². The molecule has 1 N–H and O–H groups in total. The number of aryl methyl sites for hydroxylation is 1. The highest BCUT2D eigenvalue weighted by Gasteiger charge is 2.24. The van der Waals surface area contributed by atoms with Gasteiger partial charge in [0.2, 0.25) is 0 Å². The van der Waals surface area contributed by atoms with Gasteiger partial charge in [0.1, 0.15) is 17.0 Å². The van der Waals surface area contributed by atoms with Gasteiger partial charge in [0.05, 0.1) is 12.0 Å². The molecule has 3 heterocycles. The van der Waals surface area contributed by atoms with Crippen molar-refractivity contribution in [3.8, 4) is 0 Å². The predicted molar refractivity (Wildman–Crippen MR) is 87.5 cm³/mol. The lowest BCUT2D eigenvalue weighted by atomic mass is 10.1. The van der Waals surface area contributed by atoms with Crippen LogP contribution in [0.15, 0.2) is 12.4 Å². The fraction of sp³-hybridized carbons (Fsp3) is 0.533. The molecule has 1 atom stereocenters. The maximum Gasteiger partial charge on any atom is 0.407 e. The molecule has 0 saturated carbocycles. The molecular weight excluding hydrogens is 300 g/mol. The molecule has 0 radical (unpaired) electrons. The first-order valence-electron chi connectivity index (χ1n) is 7.56. The summed E-state index contributed by atoms with van der Waals surface area (Å²) < 4.78 is 4.97. The monoisotopic (exact) mass is 320 g/mol. The normalized spacial score (nSPS) is 18.5. The zero-order chi connectivity index (χ0) is 15.5. The van der Waals surface area contributed by atoms with Crippen molar-refractivity contribution in [1.82, 2.24) is 15.3 Å². The summed E-state index contributed by atoms with van der Waals surface area (Å²) in [4.78, 5) is 24.9. The van der Waals surface area contributed by atoms with Crippen LogP contribution in [0.4, 0.5) is 10.6 Å². The number of carbonyl (C=O) groups is 1. The predicted octanol–water partition coefficient (Wildman–Crippen LogP) is 2.71. The minimum atomic E-state index is -0.339. The van der Waals surface area contributed by atoms with Gasteiger partial charge in [-0.25, -0.2) is 14.8 Å². The number of carbonyl (C=O) groups excluding carboxylic acids is 1. The van der Waals surface area contributed by atoms with E-state index >= 15 is 0 Å². The van der Waals surface area contributed by atoms with Crippen molar-refractivity contribution >= 4 is 33.5 Å². The molecule has 2 aromatic heterocycles. The summed E-state index contributed by atoms with van der Waals surface area (Å²) in [5, 5.41) is 4.03. The Morgan fingerprint density at radius 2 is 2.41 bits per heavy atom. The van der Waals surface area contributed by atoms with E-state index in [1.807, 2.05) is 6.92 Å². The van der Waals surface area contributed by atoms with Crippen LogP contribution in [0.25, 0.3) is 10.2 Å². The van der Waals surface area contributed by atoms with E-state index in [9.17, 15) is 4.79 Å². The van der Waals surface area contributed by atoms with Crippen molar-refractivity contribution in [1.29, 1.82) is 0 Å². The summed E-state index contributed by atoms with van der Waals surface area (Å²) in [6.07, 6.45) is 3.27. The minimum Gasteiger partial charge on any atom is -0.450 e. The lowest BCUT2D eigenvalue weighted by Gasteiger charge is -2.33. The van der Waals surface area contributed by atoms with Crippen LogP contribution in [0.2, 0.25) is 0 Å². The van der Waals surface area contributed by atoms with Crippen LogP contribution in [0.5, 0.6) is 0 Å². The average molecular weight is 320 g/mol. The van der Waals surface area contributed by atoms with E-state index in [-0.39, 0.29) is 12.1 Å². The maximum absolute atomic E-state index is 11.6. The van der Waals surface area contributed by atoms with Gasteiger partial charge in [-0.2, -0.15) is 0 Å². The van der Waals surface area contributed by atoms with Crippen molar-refractivity contribution in [2.24, 2.45) is 0 Å². The van der Waals surface area contributed by atoms with Crippen LogP contribution < -0.4 is 10.2 Å². The third-order valence-electron chi connectivity index (χ3n) is 3.75. The third-order valence-corrected chi connectivity index (χ3v) is 4.71. The molecule has 0 spiro atoms. The van der Waals surface area contributed by atoms with Gasteiger partial charge in [-0.3, -0.25) is 0 Å². The number of alkyl carbamates (subject to hydrolysis) is 1. The number of piperidine rings is 1. The first-order valence-corrected chi connectivity index (χ1v) is 8.38. The number of hydrogen-bond acceptors (Lipinski definition) is 6. The Balaban J connectivity index is 1.77. The average Bonchev–Trinajstić information content (AvgIpc) is 2.87. The highest BCUT2D eigenvalue weighted by molar-refractivity contribution is 7.18. The topological polar surface area (TPSA) is 67.3 Å². The van der Waals surface area contributed by atoms with Gasteiger partial charge in [-0.15, -0.1) is 11.3 Å². The van der Waals surface area contributed by atoms with E-state index in [1.165, 1.54) is 4.88 Å². The summed E-state index contributed by atoms with van der Waals surface area (Å²) in [5.41, 5.74) is 0. The highest BCUT2D eigenvalue weighted by atomic mass is 32.1. The largest absolute Gasteiger partial charge is 0.450 e. The van der Waals surface area contributed by atoms with Gasteiger partial charge in [0, 0.05) is 24.0 Å². The van der Waals surface area contributed by atoms with Gasteiger partial charge in [-0.1, -0.05) is 0 Å². The molecule has 0 aromatic carbocycles. The number of fused-ring (bicyclic) bond motifs is 1. The van der Waals surface area contributed by atoms with E-state index in [2.05, 4.69) is 33.2 Å². The summed E-state index contributed by atoms with van der Waals surface area (Å²) in [6, 6.07) is 2.23. The molecule has 7 heteroatoms. The lowest BCUT2D eigenvalue weighted by molar-refractivity contribution is 0.146. The third kappa shape index (κ3) is 3.14. The van der Waals surface area contributed by atoms with Gasteiger partial charge in [0.15, 0.2) is 0 Å². The molecule has 118 valence electrons. The van der Waals surface area contributed by atoms with E-state index in [1.54, 1.807) is 17.7 Å². The van der Waals surface area contributed by atoms with Crippen molar-refractivity contribution in [3.05, 3.63) is 17.3 Å². The molecule has 1 unspecified atom stereocenters. The summed E-state index contributed by atoms with van der Waals surface area (Å²) >= 11 is 1.68. The Morgan fingerprint density at radius 1 is 1.55 bits per heavy atom. The van der Waals surface area contributed by atoms with Gasteiger partial charge >= 0.3 is 6.09 Å². The molecular formula is C15H20N4O2S. The summed E-state index contributed by atoms with van der Waals surface area (Å²) in [7, 11) is 0. The number of aromatic nitrogens is 2. The molecule has 2 aromatic rings. The van der Waals surface area contributed by atoms with E-state index < -0.39 is 0 Å². The molecule has 0 bridgehead atoms. The molecule has 22 heavy (non-hydrogen) atoms. The molecule has 1 aliphatic heterocycles. The quantitative estimate of drug-likeness (QED) is 0.942. The molecule has 1 aliphatic rings. The van der Waals surface area contributed by atoms with Crippen molar-refractivity contribution in [3.63, 3.8) is 0 Å². The minimum absolute atomic E-state index is 0.0950. The van der Waals surface area contributed by atoms with Crippen LogP contribution in [-0.2, 0) is 4.74 Å². The number of anilines is 1. The second kappa shape index (κ2) is 6.48. The first kappa shape index (κ1) is 15.0. The van der Waals surface area contributed by atoms with Crippen LogP contribution in [-0.4, -0.2) is 41.8 Å². The highest BCUT2D eigenvalue weighted by Crippen LogP contribution is 2.31. The Labute approximate surface area is 133 Å². The van der Waals surface area contributed by atoms with Crippen molar-refractivity contribution in [2.75, 3.05) is 24.6 Å². The molecule has 0 aliphatic carbocycles. The zero-order valence-corrected chi connectivity index (χ0v) is 13.7. The van der Waals surface area contributed by atoms with Crippen LogP contribution in [0, 0.1) is 6.92 Å². The first-order chi connectivity index (χ1) is 10.7. The number of hydrogen-bond donors (Lipinski definition) is 1. The van der Waals surface area contributed by atoms with Crippen LogP contribution in [0.1, 0.15) is 24.6 Å². The number of amides is 1. The second-order valence-corrected chi connectivity index (χ2v) is 6.66. The van der Waals surface area contributed by atoms with Crippen LogP contribution >= 0.6 is 11.3 Å². The molecule has 1 amide bonds. The Bertz CT molecular complexity index is 673. The lowest BCUT2D eigenvalue weighted by Crippen LogP contribution is -2.48. The maximum atomic E-state index is 11.6. The second-order valence-electron chi connectivity index (χ2n) is 5.42. The van der Waals surface area contributed by atoms with Gasteiger partial charge in [0.25, 0.3) is 0 Å². The van der Waals surface area contributed by atoms with E-state index in [0.29, 0.717) is 6.61 Å². The van der Waals surface area contributed by atoms with Crippen molar-refractivity contribution in [2.45, 2.75) is 32.7 Å². The number of thiophene rings is 1.